The van der Waals surface area contributed by atoms with E-state index in [0.717, 1.165) is 5.56 Å². The second kappa shape index (κ2) is 5.02. The summed E-state index contributed by atoms with van der Waals surface area (Å²) in [4.78, 5) is 20.1. The van der Waals surface area contributed by atoms with Crippen LogP contribution in [0, 0.1) is 0 Å². The van der Waals surface area contributed by atoms with E-state index in [1.54, 1.807) is 18.3 Å². The Morgan fingerprint density at radius 2 is 1.95 bits per heavy atom. The fourth-order valence-electron chi connectivity index (χ4n) is 1.90. The molecule has 1 aromatic carbocycles. The molecule has 94 valence electrons. The number of rotatable bonds is 4. The highest BCUT2D eigenvalue weighted by Crippen LogP contribution is 2.14. The van der Waals surface area contributed by atoms with Gasteiger partial charge in [0.25, 0.3) is 5.89 Å². The highest BCUT2D eigenvalue weighted by molar-refractivity contribution is 5.93. The monoisotopic (exact) mass is 252 g/mol. The van der Waals surface area contributed by atoms with Gasteiger partial charge in [0.15, 0.2) is 11.2 Å². The van der Waals surface area contributed by atoms with E-state index in [4.69, 9.17) is 4.42 Å². The summed E-state index contributed by atoms with van der Waals surface area (Å²) in [5.74, 6) is 0.0477. The van der Waals surface area contributed by atoms with Gasteiger partial charge in [-0.05, 0) is 24.1 Å². The molecule has 0 spiro atoms. The third kappa shape index (κ3) is 2.52. The van der Waals surface area contributed by atoms with Gasteiger partial charge in [0.1, 0.15) is 0 Å². The number of nitrogens with zero attached hydrogens (tertiary/aromatic N) is 2. The maximum atomic E-state index is 12.0. The summed E-state index contributed by atoms with van der Waals surface area (Å²) in [6.07, 6.45) is 2.70. The van der Waals surface area contributed by atoms with Gasteiger partial charge in [-0.15, -0.1) is 0 Å². The van der Waals surface area contributed by atoms with Crippen LogP contribution >= 0.6 is 0 Å². The number of oxazole rings is 1. The number of pyridine rings is 1. The first-order valence-electron chi connectivity index (χ1n) is 6.11. The van der Waals surface area contributed by atoms with E-state index in [2.05, 4.69) is 9.97 Å². The van der Waals surface area contributed by atoms with Gasteiger partial charge in [-0.1, -0.05) is 30.3 Å². The number of ketones is 1. The SMILES string of the molecule is O=C(CCc1ccccc1)c1nc2ncccc2o1. The summed E-state index contributed by atoms with van der Waals surface area (Å²) < 4.78 is 5.40. The minimum atomic E-state index is -0.0955. The Kier molecular flexibility index (Phi) is 3.06. The van der Waals surface area contributed by atoms with Crippen LogP contribution < -0.4 is 0 Å². The van der Waals surface area contributed by atoms with Crippen molar-refractivity contribution in [2.45, 2.75) is 12.8 Å². The first-order chi connectivity index (χ1) is 9.33. The van der Waals surface area contributed by atoms with Gasteiger partial charge in [0.2, 0.25) is 5.78 Å². The Morgan fingerprint density at radius 1 is 1.11 bits per heavy atom. The molecule has 3 rings (SSSR count). The van der Waals surface area contributed by atoms with Crippen LogP contribution in [-0.2, 0) is 6.42 Å². The van der Waals surface area contributed by atoms with Gasteiger partial charge in [-0.3, -0.25) is 4.79 Å². The van der Waals surface area contributed by atoms with E-state index >= 15 is 0 Å². The molecule has 2 aromatic heterocycles. The van der Waals surface area contributed by atoms with E-state index in [-0.39, 0.29) is 11.7 Å². The first-order valence-corrected chi connectivity index (χ1v) is 6.11. The van der Waals surface area contributed by atoms with Crippen LogP contribution in [0.3, 0.4) is 0 Å². The maximum absolute atomic E-state index is 12.0. The molecule has 0 unspecified atom stereocenters. The number of fused-ring (bicyclic) bond motifs is 1. The molecular weight excluding hydrogens is 240 g/mol. The molecule has 4 heteroatoms. The molecular formula is C15H12N2O2. The molecule has 0 saturated carbocycles. The molecule has 0 aliphatic heterocycles. The number of aromatic nitrogens is 2. The van der Waals surface area contributed by atoms with Crippen molar-refractivity contribution in [3.63, 3.8) is 0 Å². The van der Waals surface area contributed by atoms with Crippen LogP contribution in [0.15, 0.2) is 53.1 Å². The van der Waals surface area contributed by atoms with E-state index in [1.165, 1.54) is 0 Å². The summed E-state index contributed by atoms with van der Waals surface area (Å²) in [6.45, 7) is 0. The quantitative estimate of drug-likeness (QED) is 0.670. The second-order valence-electron chi connectivity index (χ2n) is 4.25. The zero-order valence-corrected chi connectivity index (χ0v) is 10.2. The second-order valence-corrected chi connectivity index (χ2v) is 4.25. The van der Waals surface area contributed by atoms with E-state index in [9.17, 15) is 4.79 Å². The minimum absolute atomic E-state index is 0.0955. The predicted octanol–water partition coefficient (Wildman–Crippen LogP) is 3.04. The van der Waals surface area contributed by atoms with Gasteiger partial charge in [-0.25, -0.2) is 4.98 Å². The number of benzene rings is 1. The lowest BCUT2D eigenvalue weighted by atomic mass is 10.1. The molecule has 0 atom stereocenters. The Labute approximate surface area is 110 Å². The fraction of sp³-hybridized carbons (Fsp3) is 0.133. The molecule has 4 nitrogen and oxygen atoms in total. The average molecular weight is 252 g/mol. The lowest BCUT2D eigenvalue weighted by Gasteiger charge is -1.97. The Morgan fingerprint density at radius 3 is 2.74 bits per heavy atom. The van der Waals surface area contributed by atoms with Crippen LogP contribution in [0.2, 0.25) is 0 Å². The van der Waals surface area contributed by atoms with E-state index in [1.807, 2.05) is 30.3 Å². The van der Waals surface area contributed by atoms with Crippen molar-refractivity contribution in [1.82, 2.24) is 9.97 Å². The minimum Gasteiger partial charge on any atom is -0.432 e. The van der Waals surface area contributed by atoms with Crippen molar-refractivity contribution in [3.8, 4) is 0 Å². The lowest BCUT2D eigenvalue weighted by Crippen LogP contribution is -2.01. The van der Waals surface area contributed by atoms with Crippen molar-refractivity contribution in [3.05, 3.63) is 60.1 Å². The number of hydrogen-bond acceptors (Lipinski definition) is 4. The van der Waals surface area contributed by atoms with Gasteiger partial charge in [-0.2, -0.15) is 4.98 Å². The van der Waals surface area contributed by atoms with Crippen molar-refractivity contribution < 1.29 is 9.21 Å². The van der Waals surface area contributed by atoms with E-state index < -0.39 is 0 Å². The summed E-state index contributed by atoms with van der Waals surface area (Å²) in [7, 11) is 0. The normalized spacial score (nSPS) is 10.7. The molecule has 0 N–H and O–H groups in total. The van der Waals surface area contributed by atoms with Gasteiger partial charge < -0.3 is 4.42 Å². The zero-order chi connectivity index (χ0) is 13.1. The van der Waals surface area contributed by atoms with Crippen molar-refractivity contribution in [1.29, 1.82) is 0 Å². The Balaban J connectivity index is 1.73. The summed E-state index contributed by atoms with van der Waals surface area (Å²) >= 11 is 0. The molecule has 0 aliphatic rings. The molecule has 0 aliphatic carbocycles. The fourth-order valence-corrected chi connectivity index (χ4v) is 1.90. The Bertz CT molecular complexity index is 671. The molecule has 0 saturated heterocycles. The third-order valence-corrected chi connectivity index (χ3v) is 2.89. The highest BCUT2D eigenvalue weighted by Gasteiger charge is 2.14. The number of hydrogen-bond donors (Lipinski definition) is 0. The largest absolute Gasteiger partial charge is 0.432 e. The topological polar surface area (TPSA) is 56.0 Å². The van der Waals surface area contributed by atoms with Crippen molar-refractivity contribution >= 4 is 17.0 Å². The maximum Gasteiger partial charge on any atom is 0.265 e. The lowest BCUT2D eigenvalue weighted by molar-refractivity contribution is 0.0951. The van der Waals surface area contributed by atoms with E-state index in [0.29, 0.717) is 24.1 Å². The average Bonchev–Trinajstić information content (AvgIpc) is 2.90. The highest BCUT2D eigenvalue weighted by atomic mass is 16.4. The number of carbonyl (C=O) groups excluding carboxylic acids is 1. The van der Waals surface area contributed by atoms with Gasteiger partial charge in [0.05, 0.1) is 0 Å². The van der Waals surface area contributed by atoms with Gasteiger partial charge >= 0.3 is 0 Å². The smallest absolute Gasteiger partial charge is 0.265 e. The number of Topliss-reactive ketones (excluding diaryl/α,β-unsaturated/α-hetero) is 1. The standard InChI is InChI=1S/C15H12N2O2/c18-12(9-8-11-5-2-1-3-6-11)15-17-14-13(19-15)7-4-10-16-14/h1-7,10H,8-9H2. The summed E-state index contributed by atoms with van der Waals surface area (Å²) in [6, 6.07) is 13.4. The molecule has 0 fully saturated rings. The summed E-state index contributed by atoms with van der Waals surface area (Å²) in [5.41, 5.74) is 2.15. The van der Waals surface area contributed by atoms with Crippen LogP contribution in [-0.4, -0.2) is 15.8 Å². The predicted molar refractivity (Wildman–Crippen MR) is 70.9 cm³/mol. The first kappa shape index (κ1) is 11.6. The number of carbonyl (C=O) groups is 1. The third-order valence-electron chi connectivity index (χ3n) is 2.89. The van der Waals surface area contributed by atoms with Gasteiger partial charge in [0, 0.05) is 12.6 Å². The molecule has 0 bridgehead atoms. The van der Waals surface area contributed by atoms with Crippen molar-refractivity contribution in [2.75, 3.05) is 0 Å². The van der Waals surface area contributed by atoms with Crippen molar-refractivity contribution in [2.24, 2.45) is 0 Å². The molecule has 0 amide bonds. The number of aryl methyl sites for hydroxylation is 1. The molecule has 0 radical (unpaired) electrons. The molecule has 3 aromatic rings. The van der Waals surface area contributed by atoms with Crippen LogP contribution in [0.1, 0.15) is 22.7 Å². The zero-order valence-electron chi connectivity index (χ0n) is 10.2. The van der Waals surface area contributed by atoms with Crippen LogP contribution in [0.5, 0.6) is 0 Å². The van der Waals surface area contributed by atoms with Crippen LogP contribution in [0.25, 0.3) is 11.2 Å². The molecule has 19 heavy (non-hydrogen) atoms. The molecule has 2 heterocycles. The Hall–Kier alpha value is -2.49. The summed E-state index contributed by atoms with van der Waals surface area (Å²) in [5, 5.41) is 0. The van der Waals surface area contributed by atoms with Crippen LogP contribution in [0.4, 0.5) is 0 Å².